The van der Waals surface area contributed by atoms with Gasteiger partial charge in [0.2, 0.25) is 0 Å². The standard InChI is InChI=1S/C13H16ClN3S/c1-18-13(15)16-17-7-8-3-2-4-9-10(14)5-6-11(17)12(8)9/h5-6,8H,2-4,7H2,1H3,(H2,15,16). The molecular formula is C13H16ClN3S. The minimum Gasteiger partial charge on any atom is -0.285 e. The Labute approximate surface area is 116 Å². The van der Waals surface area contributed by atoms with E-state index in [0.717, 1.165) is 18.0 Å². The second-order valence-electron chi connectivity index (χ2n) is 4.80. The van der Waals surface area contributed by atoms with Crippen molar-refractivity contribution in [2.24, 2.45) is 0 Å². The van der Waals surface area contributed by atoms with E-state index in [1.54, 1.807) is 0 Å². The lowest BCUT2D eigenvalue weighted by Crippen LogP contribution is -2.39. The Morgan fingerprint density at radius 3 is 3.17 bits per heavy atom. The van der Waals surface area contributed by atoms with Crippen LogP contribution < -0.4 is 10.4 Å². The minimum atomic E-state index is 0.484. The Balaban J connectivity index is 1.99. The molecule has 3 nitrogen and oxygen atoms in total. The zero-order valence-electron chi connectivity index (χ0n) is 10.3. The Bertz CT molecular complexity index is 503. The largest absolute Gasteiger partial charge is 0.285 e. The van der Waals surface area contributed by atoms with Gasteiger partial charge in [0, 0.05) is 17.5 Å². The summed E-state index contributed by atoms with van der Waals surface area (Å²) in [5, 5.41) is 11.3. The van der Waals surface area contributed by atoms with E-state index in [9.17, 15) is 0 Å². The fourth-order valence-corrected chi connectivity index (χ4v) is 3.48. The molecule has 5 heteroatoms. The van der Waals surface area contributed by atoms with Gasteiger partial charge in [0.05, 0.1) is 5.69 Å². The van der Waals surface area contributed by atoms with Gasteiger partial charge in [-0.2, -0.15) is 0 Å². The third-order valence-corrected chi connectivity index (χ3v) is 4.65. The molecule has 0 fully saturated rings. The lowest BCUT2D eigenvalue weighted by Gasteiger charge is -2.21. The molecule has 1 atom stereocenters. The number of hydrogen-bond donors (Lipinski definition) is 2. The number of nitrogens with zero attached hydrogens (tertiary/aromatic N) is 1. The highest BCUT2D eigenvalue weighted by atomic mass is 35.5. The number of anilines is 1. The van der Waals surface area contributed by atoms with Gasteiger partial charge in [-0.1, -0.05) is 23.4 Å². The van der Waals surface area contributed by atoms with E-state index in [2.05, 4.69) is 16.5 Å². The van der Waals surface area contributed by atoms with E-state index < -0.39 is 0 Å². The summed E-state index contributed by atoms with van der Waals surface area (Å²) in [6.45, 7) is 0.950. The summed E-state index contributed by atoms with van der Waals surface area (Å²) >= 11 is 7.73. The SMILES string of the molecule is CSC(=N)NN1CC2CCCc3c(Cl)ccc1c32. The fourth-order valence-electron chi connectivity index (χ4n) is 3.02. The van der Waals surface area contributed by atoms with E-state index in [-0.39, 0.29) is 0 Å². The van der Waals surface area contributed by atoms with Crippen LogP contribution in [-0.4, -0.2) is 18.0 Å². The number of hydrogen-bond acceptors (Lipinski definition) is 3. The van der Waals surface area contributed by atoms with Gasteiger partial charge in [-0.3, -0.25) is 15.8 Å². The number of hydrazine groups is 1. The van der Waals surface area contributed by atoms with E-state index in [1.807, 2.05) is 12.3 Å². The molecular weight excluding hydrogens is 266 g/mol. The predicted octanol–water partition coefficient (Wildman–Crippen LogP) is 3.38. The highest BCUT2D eigenvalue weighted by Gasteiger charge is 2.34. The van der Waals surface area contributed by atoms with Crippen molar-refractivity contribution in [2.75, 3.05) is 17.8 Å². The Morgan fingerprint density at radius 2 is 2.39 bits per heavy atom. The van der Waals surface area contributed by atoms with Crippen LogP contribution in [0.2, 0.25) is 5.02 Å². The Kier molecular flexibility index (Phi) is 3.16. The monoisotopic (exact) mass is 281 g/mol. The third-order valence-electron chi connectivity index (χ3n) is 3.80. The van der Waals surface area contributed by atoms with Crippen molar-refractivity contribution in [3.63, 3.8) is 0 Å². The lowest BCUT2D eigenvalue weighted by molar-refractivity contribution is 0.568. The Hall–Kier alpha value is -0.870. The second-order valence-corrected chi connectivity index (χ2v) is 6.03. The van der Waals surface area contributed by atoms with Crippen molar-refractivity contribution >= 4 is 34.2 Å². The molecule has 0 spiro atoms. The van der Waals surface area contributed by atoms with Crippen molar-refractivity contribution in [3.8, 4) is 0 Å². The van der Waals surface area contributed by atoms with Crippen LogP contribution in [0.5, 0.6) is 0 Å². The molecule has 0 bridgehead atoms. The van der Waals surface area contributed by atoms with E-state index in [1.165, 1.54) is 41.4 Å². The molecule has 1 unspecified atom stereocenters. The second kappa shape index (κ2) is 4.67. The van der Waals surface area contributed by atoms with Crippen molar-refractivity contribution in [1.82, 2.24) is 5.43 Å². The normalized spacial score (nSPS) is 20.8. The molecule has 0 aromatic heterocycles. The van der Waals surface area contributed by atoms with Gasteiger partial charge < -0.3 is 0 Å². The van der Waals surface area contributed by atoms with Crippen LogP contribution in [0, 0.1) is 5.41 Å². The lowest BCUT2D eigenvalue weighted by atomic mass is 9.84. The van der Waals surface area contributed by atoms with Crippen LogP contribution in [-0.2, 0) is 6.42 Å². The first-order valence-electron chi connectivity index (χ1n) is 6.18. The quantitative estimate of drug-likeness (QED) is 0.612. The summed E-state index contributed by atoms with van der Waals surface area (Å²) in [6, 6.07) is 4.06. The molecule has 18 heavy (non-hydrogen) atoms. The molecule has 1 aromatic carbocycles. The molecule has 1 aliphatic carbocycles. The molecule has 1 aliphatic heterocycles. The van der Waals surface area contributed by atoms with Crippen molar-refractivity contribution in [1.29, 1.82) is 5.41 Å². The molecule has 1 heterocycles. The number of rotatable bonds is 1. The number of nitrogens with one attached hydrogen (secondary N) is 2. The van der Waals surface area contributed by atoms with E-state index >= 15 is 0 Å². The van der Waals surface area contributed by atoms with Gasteiger partial charge >= 0.3 is 0 Å². The fraction of sp³-hybridized carbons (Fsp3) is 0.462. The number of amidine groups is 1. The zero-order chi connectivity index (χ0) is 12.7. The molecule has 0 saturated carbocycles. The average Bonchev–Trinajstić information content (AvgIpc) is 2.73. The van der Waals surface area contributed by atoms with Gasteiger partial charge in [0.1, 0.15) is 0 Å². The summed E-state index contributed by atoms with van der Waals surface area (Å²) in [6.07, 6.45) is 5.45. The smallest absolute Gasteiger partial charge is 0.172 e. The number of benzene rings is 1. The van der Waals surface area contributed by atoms with Gasteiger partial charge in [-0.05, 0) is 48.8 Å². The first kappa shape index (κ1) is 12.2. The molecule has 0 saturated heterocycles. The number of halogens is 1. The number of thioether (sulfide) groups is 1. The molecule has 96 valence electrons. The Morgan fingerprint density at radius 1 is 1.56 bits per heavy atom. The van der Waals surface area contributed by atoms with Crippen LogP contribution >= 0.6 is 23.4 Å². The topological polar surface area (TPSA) is 39.1 Å². The highest BCUT2D eigenvalue weighted by Crippen LogP contribution is 2.45. The van der Waals surface area contributed by atoms with Crippen LogP contribution in [0.3, 0.4) is 0 Å². The van der Waals surface area contributed by atoms with Crippen LogP contribution in [0.1, 0.15) is 29.9 Å². The van der Waals surface area contributed by atoms with Crippen molar-refractivity contribution in [2.45, 2.75) is 25.2 Å². The highest BCUT2D eigenvalue weighted by molar-refractivity contribution is 8.13. The van der Waals surface area contributed by atoms with Crippen LogP contribution in [0.25, 0.3) is 0 Å². The van der Waals surface area contributed by atoms with Crippen LogP contribution in [0.4, 0.5) is 5.69 Å². The molecule has 2 aliphatic rings. The summed E-state index contributed by atoms with van der Waals surface area (Å²) in [7, 11) is 0. The summed E-state index contributed by atoms with van der Waals surface area (Å²) in [5.41, 5.74) is 7.10. The summed E-state index contributed by atoms with van der Waals surface area (Å²) in [5.74, 6) is 0.574. The summed E-state index contributed by atoms with van der Waals surface area (Å²) < 4.78 is 0. The third kappa shape index (κ3) is 1.88. The first-order chi connectivity index (χ1) is 8.70. The minimum absolute atomic E-state index is 0.484. The first-order valence-corrected chi connectivity index (χ1v) is 7.79. The van der Waals surface area contributed by atoms with Crippen LogP contribution in [0.15, 0.2) is 12.1 Å². The molecule has 0 radical (unpaired) electrons. The van der Waals surface area contributed by atoms with Crippen molar-refractivity contribution in [3.05, 3.63) is 28.3 Å². The van der Waals surface area contributed by atoms with Gasteiger partial charge in [-0.15, -0.1) is 0 Å². The molecule has 3 rings (SSSR count). The van der Waals surface area contributed by atoms with Gasteiger partial charge in [-0.25, -0.2) is 0 Å². The van der Waals surface area contributed by atoms with E-state index in [0.29, 0.717) is 11.1 Å². The maximum Gasteiger partial charge on any atom is 0.172 e. The van der Waals surface area contributed by atoms with Crippen molar-refractivity contribution < 1.29 is 0 Å². The predicted molar refractivity (Wildman–Crippen MR) is 78.9 cm³/mol. The molecule has 1 aromatic rings. The molecule has 0 amide bonds. The maximum absolute atomic E-state index is 7.76. The van der Waals surface area contributed by atoms with E-state index in [4.69, 9.17) is 17.0 Å². The van der Waals surface area contributed by atoms with Gasteiger partial charge in [0.25, 0.3) is 0 Å². The zero-order valence-corrected chi connectivity index (χ0v) is 11.9. The van der Waals surface area contributed by atoms with Gasteiger partial charge in [0.15, 0.2) is 5.17 Å². The molecule has 2 N–H and O–H groups in total. The average molecular weight is 282 g/mol. The summed E-state index contributed by atoms with van der Waals surface area (Å²) in [4.78, 5) is 0. The maximum atomic E-state index is 7.76.